The van der Waals surface area contributed by atoms with E-state index in [1.54, 1.807) is 18.7 Å². The Hall–Kier alpha value is -2.76. The molecule has 1 aliphatic heterocycles. The Bertz CT molecular complexity index is 959. The molecule has 3 heterocycles. The number of alkyl halides is 3. The standard InChI is InChI=1S/C18H22F3N5O4/c1-10-8-25(6-7-29-10)14(27)9-30-15(28)5-4-13-11(2)22-17-23-16(18(19,20)21)24-26(17)12(13)3/h10H,4-9H2,1-3H3. The maximum absolute atomic E-state index is 12.9. The number of halogens is 3. The van der Waals surface area contributed by atoms with Gasteiger partial charge in [-0.2, -0.15) is 18.2 Å². The van der Waals surface area contributed by atoms with Gasteiger partial charge in [0.1, 0.15) is 0 Å². The van der Waals surface area contributed by atoms with E-state index in [1.165, 1.54) is 0 Å². The average molecular weight is 429 g/mol. The monoisotopic (exact) mass is 429 g/mol. The van der Waals surface area contributed by atoms with Crippen LogP contribution in [-0.4, -0.2) is 68.8 Å². The van der Waals surface area contributed by atoms with Crippen molar-refractivity contribution >= 4 is 17.7 Å². The molecule has 1 unspecified atom stereocenters. The summed E-state index contributed by atoms with van der Waals surface area (Å²) in [7, 11) is 0. The Morgan fingerprint density at radius 1 is 1.27 bits per heavy atom. The van der Waals surface area contributed by atoms with E-state index in [0.29, 0.717) is 36.6 Å². The second-order valence-electron chi connectivity index (χ2n) is 7.09. The van der Waals surface area contributed by atoms with Crippen LogP contribution in [0.4, 0.5) is 13.2 Å². The lowest BCUT2D eigenvalue weighted by molar-refractivity contribution is -0.154. The van der Waals surface area contributed by atoms with Gasteiger partial charge in [-0.05, 0) is 32.8 Å². The van der Waals surface area contributed by atoms with Gasteiger partial charge in [0.25, 0.3) is 17.5 Å². The molecule has 12 heteroatoms. The van der Waals surface area contributed by atoms with Gasteiger partial charge in [-0.25, -0.2) is 9.50 Å². The van der Waals surface area contributed by atoms with Gasteiger partial charge in [0.2, 0.25) is 0 Å². The molecule has 1 aliphatic rings. The van der Waals surface area contributed by atoms with Gasteiger partial charge in [-0.3, -0.25) is 9.59 Å². The van der Waals surface area contributed by atoms with Crippen LogP contribution in [0.2, 0.25) is 0 Å². The second kappa shape index (κ2) is 8.54. The van der Waals surface area contributed by atoms with Crippen molar-refractivity contribution in [3.8, 4) is 0 Å². The Balaban J connectivity index is 1.61. The summed E-state index contributed by atoms with van der Waals surface area (Å²) in [6, 6.07) is 0. The number of rotatable bonds is 5. The highest BCUT2D eigenvalue weighted by Crippen LogP contribution is 2.27. The molecule has 30 heavy (non-hydrogen) atoms. The Labute approximate surface area is 170 Å². The van der Waals surface area contributed by atoms with Crippen molar-refractivity contribution in [3.63, 3.8) is 0 Å². The SMILES string of the molecule is Cc1nc2nc(C(F)(F)F)nn2c(C)c1CCC(=O)OCC(=O)N1CCOC(C)C1. The first-order valence-corrected chi connectivity index (χ1v) is 9.41. The van der Waals surface area contributed by atoms with E-state index in [-0.39, 0.29) is 37.2 Å². The van der Waals surface area contributed by atoms with Crippen LogP contribution in [0.1, 0.15) is 36.1 Å². The summed E-state index contributed by atoms with van der Waals surface area (Å²) in [4.78, 5) is 33.3. The average Bonchev–Trinajstić information content (AvgIpc) is 3.10. The van der Waals surface area contributed by atoms with Crippen LogP contribution in [0.3, 0.4) is 0 Å². The smallest absolute Gasteiger partial charge is 0.453 e. The van der Waals surface area contributed by atoms with E-state index in [2.05, 4.69) is 15.1 Å². The molecule has 1 atom stereocenters. The number of carbonyl (C=O) groups excluding carboxylic acids is 2. The quantitative estimate of drug-likeness (QED) is 0.664. The molecule has 164 valence electrons. The summed E-state index contributed by atoms with van der Waals surface area (Å²) >= 11 is 0. The minimum atomic E-state index is -4.68. The van der Waals surface area contributed by atoms with Gasteiger partial charge in [0, 0.05) is 30.9 Å². The molecule has 0 aromatic carbocycles. The van der Waals surface area contributed by atoms with Gasteiger partial charge >= 0.3 is 12.1 Å². The Morgan fingerprint density at radius 3 is 2.67 bits per heavy atom. The molecular formula is C18H22F3N5O4. The number of carbonyl (C=O) groups is 2. The van der Waals surface area contributed by atoms with Gasteiger partial charge < -0.3 is 14.4 Å². The van der Waals surface area contributed by atoms with E-state index < -0.39 is 18.0 Å². The summed E-state index contributed by atoms with van der Waals surface area (Å²) in [5, 5.41) is 3.47. The molecule has 1 amide bonds. The van der Waals surface area contributed by atoms with Crippen LogP contribution in [0.15, 0.2) is 0 Å². The molecule has 1 fully saturated rings. The third kappa shape index (κ3) is 4.86. The fourth-order valence-electron chi connectivity index (χ4n) is 3.27. The Kier molecular flexibility index (Phi) is 6.25. The summed E-state index contributed by atoms with van der Waals surface area (Å²) in [5.41, 5.74) is 1.44. The van der Waals surface area contributed by atoms with Gasteiger partial charge in [-0.1, -0.05) is 0 Å². The fourth-order valence-corrected chi connectivity index (χ4v) is 3.27. The topological polar surface area (TPSA) is 98.9 Å². The van der Waals surface area contributed by atoms with E-state index >= 15 is 0 Å². The van der Waals surface area contributed by atoms with Crippen LogP contribution < -0.4 is 0 Å². The zero-order chi connectivity index (χ0) is 22.1. The van der Waals surface area contributed by atoms with Crippen molar-refractivity contribution in [1.29, 1.82) is 0 Å². The van der Waals surface area contributed by atoms with E-state index in [4.69, 9.17) is 9.47 Å². The fraction of sp³-hybridized carbons (Fsp3) is 0.611. The van der Waals surface area contributed by atoms with Gasteiger partial charge in [-0.15, -0.1) is 5.10 Å². The molecule has 0 bridgehead atoms. The third-order valence-electron chi connectivity index (χ3n) is 4.83. The lowest BCUT2D eigenvalue weighted by atomic mass is 10.1. The number of morpholine rings is 1. The van der Waals surface area contributed by atoms with Crippen molar-refractivity contribution in [2.45, 2.75) is 45.9 Å². The van der Waals surface area contributed by atoms with Crippen LogP contribution >= 0.6 is 0 Å². The van der Waals surface area contributed by atoms with Crippen LogP contribution in [0.25, 0.3) is 5.78 Å². The van der Waals surface area contributed by atoms with Crippen molar-refractivity contribution in [2.75, 3.05) is 26.3 Å². The first-order chi connectivity index (χ1) is 14.1. The summed E-state index contributed by atoms with van der Waals surface area (Å²) in [5.74, 6) is -2.31. The molecule has 0 spiro atoms. The Morgan fingerprint density at radius 2 is 2.00 bits per heavy atom. The lowest BCUT2D eigenvalue weighted by Gasteiger charge is -2.30. The number of aromatic nitrogens is 4. The third-order valence-corrected chi connectivity index (χ3v) is 4.83. The number of hydrogen-bond acceptors (Lipinski definition) is 7. The van der Waals surface area contributed by atoms with Crippen LogP contribution in [-0.2, 0) is 31.7 Å². The summed E-state index contributed by atoms with van der Waals surface area (Å²) in [6.45, 7) is 6.03. The minimum absolute atomic E-state index is 0.0531. The minimum Gasteiger partial charge on any atom is -0.456 e. The van der Waals surface area contributed by atoms with E-state index in [0.717, 1.165) is 4.52 Å². The summed E-state index contributed by atoms with van der Waals surface area (Å²) < 4.78 is 50.0. The largest absolute Gasteiger partial charge is 0.456 e. The number of amides is 1. The number of nitrogens with zero attached hydrogens (tertiary/aromatic N) is 5. The van der Waals surface area contributed by atoms with Gasteiger partial charge in [0.15, 0.2) is 6.61 Å². The summed E-state index contributed by atoms with van der Waals surface area (Å²) in [6.07, 6.45) is -4.62. The highest BCUT2D eigenvalue weighted by Gasteiger charge is 2.37. The molecule has 0 N–H and O–H groups in total. The van der Waals surface area contributed by atoms with Crippen molar-refractivity contribution in [3.05, 3.63) is 22.8 Å². The number of esters is 1. The predicted molar refractivity (Wildman–Crippen MR) is 96.5 cm³/mol. The van der Waals surface area contributed by atoms with Gasteiger partial charge in [0.05, 0.1) is 12.7 Å². The predicted octanol–water partition coefficient (Wildman–Crippen LogP) is 1.48. The molecule has 3 rings (SSSR count). The number of hydrogen-bond donors (Lipinski definition) is 0. The maximum Gasteiger partial charge on any atom is 0.453 e. The highest BCUT2D eigenvalue weighted by atomic mass is 19.4. The first-order valence-electron chi connectivity index (χ1n) is 9.41. The zero-order valence-electron chi connectivity index (χ0n) is 16.8. The normalized spacial score (nSPS) is 17.4. The van der Waals surface area contributed by atoms with Crippen molar-refractivity contribution < 1.29 is 32.2 Å². The van der Waals surface area contributed by atoms with Crippen molar-refractivity contribution in [2.24, 2.45) is 0 Å². The number of ether oxygens (including phenoxy) is 2. The first kappa shape index (κ1) is 21.9. The lowest BCUT2D eigenvalue weighted by Crippen LogP contribution is -2.46. The van der Waals surface area contributed by atoms with Crippen LogP contribution in [0.5, 0.6) is 0 Å². The number of aryl methyl sites for hydroxylation is 2. The molecule has 2 aromatic rings. The molecular weight excluding hydrogens is 407 g/mol. The molecule has 0 radical (unpaired) electrons. The second-order valence-corrected chi connectivity index (χ2v) is 7.09. The van der Waals surface area contributed by atoms with E-state index in [9.17, 15) is 22.8 Å². The molecule has 2 aromatic heterocycles. The number of fused-ring (bicyclic) bond motifs is 1. The molecule has 0 saturated carbocycles. The highest BCUT2D eigenvalue weighted by molar-refractivity contribution is 5.80. The molecule has 0 aliphatic carbocycles. The maximum atomic E-state index is 12.9. The zero-order valence-corrected chi connectivity index (χ0v) is 16.8. The molecule has 1 saturated heterocycles. The van der Waals surface area contributed by atoms with Crippen LogP contribution in [0, 0.1) is 13.8 Å². The molecule has 9 nitrogen and oxygen atoms in total. The van der Waals surface area contributed by atoms with E-state index in [1.807, 2.05) is 6.92 Å². The van der Waals surface area contributed by atoms with Crippen molar-refractivity contribution in [1.82, 2.24) is 24.5 Å².